The van der Waals surface area contributed by atoms with Crippen molar-refractivity contribution in [2.75, 3.05) is 20.3 Å². The molecule has 1 unspecified atom stereocenters. The fourth-order valence-electron chi connectivity index (χ4n) is 3.19. The Hall–Kier alpha value is -0.393. The lowest BCUT2D eigenvalue weighted by atomic mass is 9.87. The highest BCUT2D eigenvalue weighted by molar-refractivity contribution is 6.69. The van der Waals surface area contributed by atoms with Crippen molar-refractivity contribution in [3.8, 4) is 0 Å². The lowest BCUT2D eigenvalue weighted by Crippen LogP contribution is -2.46. The summed E-state index contributed by atoms with van der Waals surface area (Å²) in [6, 6.07) is 0.435. The van der Waals surface area contributed by atoms with Crippen molar-refractivity contribution < 1.29 is 9.16 Å². The summed E-state index contributed by atoms with van der Waals surface area (Å²) in [5.41, 5.74) is 1.12. The molecule has 136 valence electrons. The van der Waals surface area contributed by atoms with Gasteiger partial charge in [0.05, 0.1) is 18.2 Å². The fraction of sp³-hybridized carbons (Fsp3) is 0.944. The van der Waals surface area contributed by atoms with E-state index in [4.69, 9.17) is 14.3 Å². The van der Waals surface area contributed by atoms with Crippen molar-refractivity contribution in [3.05, 3.63) is 0 Å². The zero-order valence-electron chi connectivity index (χ0n) is 16.6. The second-order valence-corrected chi connectivity index (χ2v) is 12.7. The number of hydrogen-bond acceptors (Lipinski definition) is 4. The fourth-order valence-corrected chi connectivity index (χ4v) is 4.90. The first-order valence-electron chi connectivity index (χ1n) is 9.13. The molecule has 0 aliphatic carbocycles. The monoisotopic (exact) mass is 342 g/mol. The minimum absolute atomic E-state index is 0.129. The van der Waals surface area contributed by atoms with E-state index in [1.807, 2.05) is 0 Å². The summed E-state index contributed by atoms with van der Waals surface area (Å²) in [5.74, 6) is 0.472. The van der Waals surface area contributed by atoms with Crippen LogP contribution in [0.4, 0.5) is 0 Å². The summed E-state index contributed by atoms with van der Waals surface area (Å²) < 4.78 is 11.9. The van der Waals surface area contributed by atoms with Crippen LogP contribution in [-0.4, -0.2) is 50.9 Å². The number of hydrazone groups is 1. The molecule has 1 rings (SSSR count). The van der Waals surface area contributed by atoms with Gasteiger partial charge in [0.15, 0.2) is 8.32 Å². The van der Waals surface area contributed by atoms with Gasteiger partial charge in [-0.15, -0.1) is 0 Å². The van der Waals surface area contributed by atoms with Crippen LogP contribution in [0.1, 0.15) is 53.4 Å². The molecule has 1 saturated heterocycles. The zero-order valence-corrected chi connectivity index (χ0v) is 17.6. The largest absolute Gasteiger partial charge is 0.412 e. The van der Waals surface area contributed by atoms with E-state index in [1.54, 1.807) is 7.11 Å². The Kier molecular flexibility index (Phi) is 7.75. The molecule has 0 amide bonds. The van der Waals surface area contributed by atoms with Gasteiger partial charge < -0.3 is 9.16 Å². The van der Waals surface area contributed by atoms with Crippen molar-refractivity contribution in [1.29, 1.82) is 0 Å². The topological polar surface area (TPSA) is 34.1 Å². The minimum atomic E-state index is -1.59. The van der Waals surface area contributed by atoms with Gasteiger partial charge in [0.2, 0.25) is 0 Å². The van der Waals surface area contributed by atoms with Crippen LogP contribution in [-0.2, 0) is 9.16 Å². The van der Waals surface area contributed by atoms with E-state index in [0.717, 1.165) is 26.0 Å². The van der Waals surface area contributed by atoms with Crippen LogP contribution in [0.25, 0.3) is 0 Å². The summed E-state index contributed by atoms with van der Waals surface area (Å²) >= 11 is 0. The quantitative estimate of drug-likeness (QED) is 0.456. The number of rotatable bonds is 9. The molecule has 1 aliphatic heterocycles. The normalized spacial score (nSPS) is 22.7. The standard InChI is InChI=1S/C18H38N2O2Si/c1-9-16(19-20-12-10-11-17(20)14-21-5)13-18(4,15(2)3)22-23(6,7)8/h15,17H,9-14H2,1-8H3/b19-16+/t17-,18?/m0/s1. The van der Waals surface area contributed by atoms with Crippen molar-refractivity contribution in [3.63, 3.8) is 0 Å². The molecule has 0 radical (unpaired) electrons. The first-order chi connectivity index (χ1) is 10.6. The SMILES string of the molecule is CC/C(CC(C)(O[Si](C)(C)C)C(C)C)=N\N1CCC[C@H]1COC. The van der Waals surface area contributed by atoms with E-state index >= 15 is 0 Å². The molecule has 0 N–H and O–H groups in total. The maximum atomic E-state index is 6.57. The van der Waals surface area contributed by atoms with Crippen LogP contribution >= 0.6 is 0 Å². The van der Waals surface area contributed by atoms with Crippen LogP contribution in [0.2, 0.25) is 19.6 Å². The Balaban J connectivity index is 2.88. The molecule has 0 aromatic heterocycles. The van der Waals surface area contributed by atoms with E-state index < -0.39 is 8.32 Å². The maximum Gasteiger partial charge on any atom is 0.184 e. The van der Waals surface area contributed by atoms with Crippen molar-refractivity contribution >= 4 is 14.0 Å². The van der Waals surface area contributed by atoms with Gasteiger partial charge in [-0.3, -0.25) is 5.01 Å². The first-order valence-corrected chi connectivity index (χ1v) is 12.5. The molecule has 2 atom stereocenters. The Morgan fingerprint density at radius 1 is 1.35 bits per heavy atom. The molecule has 0 saturated carbocycles. The summed E-state index contributed by atoms with van der Waals surface area (Å²) in [5, 5.41) is 7.24. The predicted octanol–water partition coefficient (Wildman–Crippen LogP) is 4.52. The number of methoxy groups -OCH3 is 1. The van der Waals surface area contributed by atoms with E-state index in [0.29, 0.717) is 12.0 Å². The van der Waals surface area contributed by atoms with Gasteiger partial charge in [0, 0.05) is 25.8 Å². The number of ether oxygens (including phenoxy) is 1. The van der Waals surface area contributed by atoms with E-state index in [-0.39, 0.29) is 5.60 Å². The van der Waals surface area contributed by atoms with E-state index in [9.17, 15) is 0 Å². The Bertz CT molecular complexity index is 393. The minimum Gasteiger partial charge on any atom is -0.412 e. The van der Waals surface area contributed by atoms with Gasteiger partial charge in [0.1, 0.15) is 0 Å². The molecule has 1 fully saturated rings. The average molecular weight is 343 g/mol. The van der Waals surface area contributed by atoms with Crippen LogP contribution in [0.15, 0.2) is 5.10 Å². The molecule has 1 heterocycles. The van der Waals surface area contributed by atoms with Gasteiger partial charge >= 0.3 is 0 Å². The smallest absolute Gasteiger partial charge is 0.184 e. The zero-order chi connectivity index (χ0) is 17.7. The molecule has 0 aromatic carbocycles. The predicted molar refractivity (Wildman–Crippen MR) is 102 cm³/mol. The first kappa shape index (κ1) is 20.7. The molecular formula is C18H38N2O2Si. The van der Waals surface area contributed by atoms with Crippen LogP contribution in [0.3, 0.4) is 0 Å². The van der Waals surface area contributed by atoms with Gasteiger partial charge in [-0.1, -0.05) is 20.8 Å². The van der Waals surface area contributed by atoms with Gasteiger partial charge in [-0.25, -0.2) is 0 Å². The van der Waals surface area contributed by atoms with Crippen molar-refractivity contribution in [2.45, 2.75) is 84.7 Å². The second-order valence-electron chi connectivity index (χ2n) is 8.29. The number of nitrogens with zero attached hydrogens (tertiary/aromatic N) is 2. The highest BCUT2D eigenvalue weighted by Crippen LogP contribution is 2.31. The molecule has 0 aromatic rings. The highest BCUT2D eigenvalue weighted by Gasteiger charge is 2.36. The highest BCUT2D eigenvalue weighted by atomic mass is 28.4. The lowest BCUT2D eigenvalue weighted by molar-refractivity contribution is 0.0389. The molecule has 0 spiro atoms. The third-order valence-electron chi connectivity index (χ3n) is 4.70. The van der Waals surface area contributed by atoms with Crippen LogP contribution in [0.5, 0.6) is 0 Å². The molecule has 0 bridgehead atoms. The average Bonchev–Trinajstić information content (AvgIpc) is 2.83. The summed E-state index contributed by atoms with van der Waals surface area (Å²) in [7, 11) is 0.182. The van der Waals surface area contributed by atoms with Crippen LogP contribution < -0.4 is 0 Å². The Labute approximate surface area is 144 Å². The van der Waals surface area contributed by atoms with Crippen molar-refractivity contribution in [1.82, 2.24) is 5.01 Å². The summed E-state index contributed by atoms with van der Waals surface area (Å²) in [6.45, 7) is 17.6. The molecule has 4 nitrogen and oxygen atoms in total. The summed E-state index contributed by atoms with van der Waals surface area (Å²) in [6.07, 6.45) is 4.29. The molecule has 5 heteroatoms. The number of hydrogen-bond donors (Lipinski definition) is 0. The van der Waals surface area contributed by atoms with Crippen LogP contribution in [0, 0.1) is 5.92 Å². The van der Waals surface area contributed by atoms with Gasteiger partial charge in [-0.05, 0) is 51.7 Å². The Morgan fingerprint density at radius 3 is 2.48 bits per heavy atom. The second kappa shape index (κ2) is 8.63. The molecular weight excluding hydrogens is 304 g/mol. The third kappa shape index (κ3) is 6.55. The maximum absolute atomic E-state index is 6.57. The third-order valence-corrected chi connectivity index (χ3v) is 5.78. The van der Waals surface area contributed by atoms with E-state index in [1.165, 1.54) is 18.6 Å². The van der Waals surface area contributed by atoms with E-state index in [2.05, 4.69) is 52.3 Å². The van der Waals surface area contributed by atoms with Gasteiger partial charge in [0.25, 0.3) is 0 Å². The van der Waals surface area contributed by atoms with Gasteiger partial charge in [-0.2, -0.15) is 5.10 Å². The Morgan fingerprint density at radius 2 is 2.00 bits per heavy atom. The molecule has 23 heavy (non-hydrogen) atoms. The van der Waals surface area contributed by atoms with Crippen molar-refractivity contribution in [2.24, 2.45) is 11.0 Å². The summed E-state index contributed by atoms with van der Waals surface area (Å²) in [4.78, 5) is 0. The molecule has 1 aliphatic rings. The lowest BCUT2D eigenvalue weighted by Gasteiger charge is -2.40.